The van der Waals surface area contributed by atoms with Crippen LogP contribution in [0.3, 0.4) is 0 Å². The summed E-state index contributed by atoms with van der Waals surface area (Å²) < 4.78 is 36.4. The average molecular weight is 201 g/mol. The molecule has 0 N–H and O–H groups in total. The quantitative estimate of drug-likeness (QED) is 0.384. The fourth-order valence-corrected chi connectivity index (χ4v) is 0.136. The summed E-state index contributed by atoms with van der Waals surface area (Å²) in [6, 6.07) is 0. The first-order valence-corrected chi connectivity index (χ1v) is 3.13. The van der Waals surface area contributed by atoms with Gasteiger partial charge in [0.05, 0.1) is 6.26 Å². The predicted octanol–water partition coefficient (Wildman–Crippen LogP) is 3.59. The zero-order valence-corrected chi connectivity index (χ0v) is 6.95. The second kappa shape index (κ2) is 10.1. The molecule has 5 heteroatoms. The zero-order chi connectivity index (χ0) is 9.98. The van der Waals surface area contributed by atoms with E-state index < -0.39 is 11.4 Å². The Morgan fingerprint density at radius 1 is 1.33 bits per heavy atom. The molecule has 0 saturated carbocycles. The lowest BCUT2D eigenvalue weighted by atomic mass is 10.7. The van der Waals surface area contributed by atoms with Gasteiger partial charge in [0, 0.05) is 0 Å². The van der Waals surface area contributed by atoms with Gasteiger partial charge in [-0.1, -0.05) is 19.2 Å². The van der Waals surface area contributed by atoms with Crippen molar-refractivity contribution in [1.82, 2.24) is 0 Å². The zero-order valence-electron chi connectivity index (χ0n) is 6.20. The molecule has 0 heterocycles. The van der Waals surface area contributed by atoms with Gasteiger partial charge in [-0.3, -0.25) is 0 Å². The largest absolute Gasteiger partial charge is 0.498 e. The van der Waals surface area contributed by atoms with Crippen molar-refractivity contribution in [3.05, 3.63) is 36.9 Å². The maximum absolute atomic E-state index is 10.7. The van der Waals surface area contributed by atoms with Gasteiger partial charge in [-0.05, 0) is 11.6 Å². The number of rotatable bonds is 3. The van der Waals surface area contributed by atoms with Crippen molar-refractivity contribution in [2.24, 2.45) is 0 Å². The average Bonchev–Trinajstić information content (AvgIpc) is 2.02. The molecule has 12 heavy (non-hydrogen) atoms. The number of hydrogen-bond donors (Lipinski definition) is 0. The lowest BCUT2D eigenvalue weighted by Crippen LogP contribution is -1.75. The molecule has 0 fully saturated rings. The van der Waals surface area contributed by atoms with Crippen molar-refractivity contribution in [3.63, 3.8) is 0 Å². The summed E-state index contributed by atoms with van der Waals surface area (Å²) in [4.78, 5) is 0. The van der Waals surface area contributed by atoms with Crippen LogP contribution in [0.1, 0.15) is 0 Å². The normalized spacial score (nSPS) is 7.33. The molecule has 0 aromatic rings. The van der Waals surface area contributed by atoms with E-state index in [0.717, 1.165) is 0 Å². The van der Waals surface area contributed by atoms with Crippen LogP contribution in [0.4, 0.5) is 13.2 Å². The van der Waals surface area contributed by atoms with Crippen LogP contribution in [0.25, 0.3) is 0 Å². The van der Waals surface area contributed by atoms with Crippen LogP contribution in [-0.4, -0.2) is 6.61 Å². The van der Waals surface area contributed by atoms with Gasteiger partial charge in [-0.2, -0.15) is 13.2 Å². The molecule has 0 rings (SSSR count). The molecule has 0 aliphatic carbocycles. The van der Waals surface area contributed by atoms with Crippen molar-refractivity contribution in [2.75, 3.05) is 6.61 Å². The SMILES string of the molecule is C=CCOC=C.FC(F)=C(F)Cl. The molecule has 1 nitrogen and oxygen atoms in total. The molecule has 0 unspecified atom stereocenters. The Bertz CT molecular complexity index is 142. The molecule has 0 saturated heterocycles. The minimum atomic E-state index is -2.48. The van der Waals surface area contributed by atoms with Gasteiger partial charge < -0.3 is 4.74 Å². The van der Waals surface area contributed by atoms with Gasteiger partial charge in [0.25, 0.3) is 5.29 Å². The lowest BCUT2D eigenvalue weighted by molar-refractivity contribution is 0.291. The van der Waals surface area contributed by atoms with E-state index in [1.807, 2.05) is 0 Å². The third-order valence-corrected chi connectivity index (χ3v) is 0.618. The molecule has 0 aromatic heterocycles. The third-order valence-electron chi connectivity index (χ3n) is 0.475. The third kappa shape index (κ3) is 16.0. The highest BCUT2D eigenvalue weighted by molar-refractivity contribution is 6.28. The molecule has 0 radical (unpaired) electrons. The standard InChI is InChI=1S/C5H8O.C2ClF3/c1-3-5-6-4-2;3-1(4)2(5)6/h3-4H,1-2,5H2;. The van der Waals surface area contributed by atoms with Crippen LogP contribution in [0.15, 0.2) is 36.9 Å². The highest BCUT2D eigenvalue weighted by atomic mass is 35.5. The Kier molecular flexibility index (Phi) is 11.5. The summed E-state index contributed by atoms with van der Waals surface area (Å²) in [7, 11) is 0. The van der Waals surface area contributed by atoms with Crippen LogP contribution in [0.2, 0.25) is 0 Å². The van der Waals surface area contributed by atoms with Gasteiger partial charge >= 0.3 is 6.08 Å². The predicted molar refractivity (Wildman–Crippen MR) is 42.5 cm³/mol. The minimum absolute atomic E-state index is 0.559. The maximum atomic E-state index is 10.7. The van der Waals surface area contributed by atoms with E-state index in [0.29, 0.717) is 6.61 Å². The summed E-state index contributed by atoms with van der Waals surface area (Å²) in [5.41, 5.74) is 0. The summed E-state index contributed by atoms with van der Waals surface area (Å²) in [5, 5.41) is -1.94. The van der Waals surface area contributed by atoms with Crippen LogP contribution in [-0.2, 0) is 4.74 Å². The van der Waals surface area contributed by atoms with E-state index in [4.69, 9.17) is 0 Å². The second-order valence-electron chi connectivity index (χ2n) is 1.31. The monoisotopic (exact) mass is 200 g/mol. The van der Waals surface area contributed by atoms with E-state index >= 15 is 0 Å². The molecule has 0 bridgehead atoms. The molecule has 70 valence electrons. The molecule has 0 aliphatic heterocycles. The first-order valence-electron chi connectivity index (χ1n) is 2.76. The van der Waals surface area contributed by atoms with Crippen LogP contribution in [0, 0.1) is 0 Å². The van der Waals surface area contributed by atoms with Crippen molar-refractivity contribution < 1.29 is 17.9 Å². The Hall–Kier alpha value is -0.900. The van der Waals surface area contributed by atoms with Crippen LogP contribution < -0.4 is 0 Å². The molecule has 0 amide bonds. The fourth-order valence-electron chi connectivity index (χ4n) is 0.136. The molecule has 0 aliphatic rings. The second-order valence-corrected chi connectivity index (χ2v) is 1.64. The van der Waals surface area contributed by atoms with Crippen molar-refractivity contribution in [2.45, 2.75) is 0 Å². The number of halogens is 4. The topological polar surface area (TPSA) is 9.23 Å². The number of hydrogen-bond acceptors (Lipinski definition) is 1. The minimum Gasteiger partial charge on any atom is -0.498 e. The summed E-state index contributed by atoms with van der Waals surface area (Å²) in [5.74, 6) is 0. The van der Waals surface area contributed by atoms with Gasteiger partial charge in [0.2, 0.25) is 0 Å². The van der Waals surface area contributed by atoms with Crippen molar-refractivity contribution >= 4 is 11.6 Å². The summed E-state index contributed by atoms with van der Waals surface area (Å²) >= 11 is 4.08. The van der Waals surface area contributed by atoms with Crippen LogP contribution in [0.5, 0.6) is 0 Å². The Morgan fingerprint density at radius 3 is 1.83 bits per heavy atom. The summed E-state index contributed by atoms with van der Waals surface area (Å²) in [6.07, 6.45) is 0.584. The number of ether oxygens (including phenoxy) is 1. The van der Waals surface area contributed by atoms with Crippen LogP contribution >= 0.6 is 11.6 Å². The van der Waals surface area contributed by atoms with Crippen molar-refractivity contribution in [3.8, 4) is 0 Å². The summed E-state index contributed by atoms with van der Waals surface area (Å²) in [6.45, 7) is 7.31. The van der Waals surface area contributed by atoms with Gasteiger partial charge in [0.15, 0.2) is 0 Å². The van der Waals surface area contributed by atoms with E-state index in [-0.39, 0.29) is 0 Å². The molecule has 0 atom stereocenters. The van der Waals surface area contributed by atoms with E-state index in [9.17, 15) is 13.2 Å². The molecule has 0 spiro atoms. The molecular weight excluding hydrogens is 193 g/mol. The maximum Gasteiger partial charge on any atom is 0.317 e. The lowest BCUT2D eigenvalue weighted by Gasteiger charge is -1.86. The van der Waals surface area contributed by atoms with Gasteiger partial charge in [0.1, 0.15) is 6.61 Å². The van der Waals surface area contributed by atoms with Gasteiger partial charge in [-0.25, -0.2) is 0 Å². The Morgan fingerprint density at radius 2 is 1.75 bits per heavy atom. The first kappa shape index (κ1) is 13.7. The Balaban J connectivity index is 0. The highest BCUT2D eigenvalue weighted by Crippen LogP contribution is 2.11. The first-order chi connectivity index (χ1) is 5.56. The van der Waals surface area contributed by atoms with E-state index in [1.165, 1.54) is 6.26 Å². The molecular formula is C7H8ClF3O. The van der Waals surface area contributed by atoms with E-state index in [2.05, 4.69) is 29.5 Å². The van der Waals surface area contributed by atoms with E-state index in [1.54, 1.807) is 6.08 Å². The van der Waals surface area contributed by atoms with Crippen molar-refractivity contribution in [1.29, 1.82) is 0 Å². The smallest absolute Gasteiger partial charge is 0.317 e. The van der Waals surface area contributed by atoms with Gasteiger partial charge in [-0.15, -0.1) is 0 Å². The fraction of sp³-hybridized carbons (Fsp3) is 0.143. The molecule has 0 aromatic carbocycles. The Labute approximate surface area is 73.8 Å². The highest BCUT2D eigenvalue weighted by Gasteiger charge is 1.95.